The van der Waals surface area contributed by atoms with Crippen LogP contribution in [0.25, 0.3) is 0 Å². The molecule has 0 aliphatic carbocycles. The first-order valence-corrected chi connectivity index (χ1v) is 6.00. The lowest BCUT2D eigenvalue weighted by atomic mass is 10.4. The van der Waals surface area contributed by atoms with Gasteiger partial charge in [-0.15, -0.1) is 0 Å². The summed E-state index contributed by atoms with van der Waals surface area (Å²) < 4.78 is 1.87. The van der Waals surface area contributed by atoms with Crippen LogP contribution in [0.1, 0.15) is 19.5 Å². The molecule has 0 bridgehead atoms. The van der Waals surface area contributed by atoms with Crippen LogP contribution in [-0.4, -0.2) is 21.5 Å². The fourth-order valence-electron chi connectivity index (χ4n) is 1.18. The summed E-state index contributed by atoms with van der Waals surface area (Å²) in [6, 6.07) is 0.0701. The Morgan fingerprint density at radius 1 is 1.62 bits per heavy atom. The number of hydrogen-bond acceptors (Lipinski definition) is 3. The number of amides is 1. The summed E-state index contributed by atoms with van der Waals surface area (Å²) in [4.78, 5) is 27.3. The van der Waals surface area contributed by atoms with E-state index in [0.29, 0.717) is 9.26 Å². The van der Waals surface area contributed by atoms with E-state index in [4.69, 9.17) is 0 Å². The van der Waals surface area contributed by atoms with Gasteiger partial charge < -0.3 is 5.32 Å². The van der Waals surface area contributed by atoms with E-state index in [1.165, 1.54) is 10.9 Å². The summed E-state index contributed by atoms with van der Waals surface area (Å²) in [6.45, 7) is 5.53. The van der Waals surface area contributed by atoms with Crippen LogP contribution in [0.2, 0.25) is 0 Å². The molecule has 0 unspecified atom stereocenters. The second-order valence-corrected chi connectivity index (χ2v) is 4.88. The van der Waals surface area contributed by atoms with Crippen molar-refractivity contribution in [3.05, 3.63) is 25.9 Å². The van der Waals surface area contributed by atoms with Crippen molar-refractivity contribution in [2.75, 3.05) is 0 Å². The van der Waals surface area contributed by atoms with E-state index >= 15 is 0 Å². The van der Waals surface area contributed by atoms with Crippen molar-refractivity contribution in [2.45, 2.75) is 33.4 Å². The van der Waals surface area contributed by atoms with Gasteiger partial charge in [0.05, 0.1) is 15.6 Å². The van der Waals surface area contributed by atoms with Gasteiger partial charge in [-0.25, -0.2) is 4.98 Å². The fourth-order valence-corrected chi connectivity index (χ4v) is 1.63. The van der Waals surface area contributed by atoms with Crippen LogP contribution in [0.5, 0.6) is 0 Å². The number of aryl methyl sites for hydroxylation is 1. The normalized spacial score (nSPS) is 10.6. The molecule has 5 nitrogen and oxygen atoms in total. The minimum atomic E-state index is -0.182. The van der Waals surface area contributed by atoms with E-state index < -0.39 is 0 Å². The lowest BCUT2D eigenvalue weighted by Crippen LogP contribution is -2.36. The Kier molecular flexibility index (Phi) is 4.45. The summed E-state index contributed by atoms with van der Waals surface area (Å²) in [5.74, 6) is -0.182. The minimum Gasteiger partial charge on any atom is -0.352 e. The van der Waals surface area contributed by atoms with Crippen LogP contribution in [-0.2, 0) is 11.3 Å². The van der Waals surface area contributed by atoms with Gasteiger partial charge in [0.2, 0.25) is 5.91 Å². The molecule has 6 heteroatoms. The Morgan fingerprint density at radius 3 is 2.81 bits per heavy atom. The number of carbonyl (C=O) groups excluding carboxylic acids is 1. The highest BCUT2D eigenvalue weighted by molar-refractivity contribution is 14.1. The summed E-state index contributed by atoms with van der Waals surface area (Å²) in [7, 11) is 0. The number of nitrogens with one attached hydrogen (secondary N) is 1. The number of nitrogens with zero attached hydrogens (tertiary/aromatic N) is 2. The molecule has 1 N–H and O–H groups in total. The zero-order chi connectivity index (χ0) is 12.3. The van der Waals surface area contributed by atoms with E-state index in [-0.39, 0.29) is 24.1 Å². The van der Waals surface area contributed by atoms with Gasteiger partial charge in [-0.1, -0.05) is 0 Å². The van der Waals surface area contributed by atoms with Crippen LogP contribution in [0.15, 0.2) is 11.1 Å². The summed E-state index contributed by atoms with van der Waals surface area (Å²) >= 11 is 1.94. The summed E-state index contributed by atoms with van der Waals surface area (Å²) in [5, 5.41) is 2.72. The molecule has 1 aromatic heterocycles. The SMILES string of the molecule is Cc1ncn(CC(=O)NC(C)C)c(=O)c1I. The molecular weight excluding hydrogens is 321 g/mol. The largest absolute Gasteiger partial charge is 0.352 e. The molecular formula is C10H14IN3O2. The number of halogens is 1. The highest BCUT2D eigenvalue weighted by Crippen LogP contribution is 2.00. The second-order valence-electron chi connectivity index (χ2n) is 3.80. The predicted molar refractivity (Wildman–Crippen MR) is 69.2 cm³/mol. The molecule has 0 saturated heterocycles. The van der Waals surface area contributed by atoms with Gasteiger partial charge in [0, 0.05) is 6.04 Å². The molecule has 0 saturated carbocycles. The van der Waals surface area contributed by atoms with Crippen LogP contribution >= 0.6 is 22.6 Å². The Bertz CT molecular complexity index is 454. The fraction of sp³-hybridized carbons (Fsp3) is 0.500. The standard InChI is InChI=1S/C10H14IN3O2/c1-6(2)13-8(15)4-14-5-12-7(3)9(11)10(14)16/h5-6H,4H2,1-3H3,(H,13,15). The molecule has 0 radical (unpaired) electrons. The average molecular weight is 335 g/mol. The average Bonchev–Trinajstić information content (AvgIpc) is 2.18. The third-order valence-corrected chi connectivity index (χ3v) is 3.16. The first-order valence-electron chi connectivity index (χ1n) is 4.92. The Labute approximate surface area is 107 Å². The smallest absolute Gasteiger partial charge is 0.267 e. The van der Waals surface area contributed by atoms with E-state index in [2.05, 4.69) is 10.3 Å². The molecule has 0 aromatic carbocycles. The van der Waals surface area contributed by atoms with E-state index in [1.807, 2.05) is 36.4 Å². The lowest BCUT2D eigenvalue weighted by Gasteiger charge is -2.10. The van der Waals surface area contributed by atoms with Crippen molar-refractivity contribution in [1.29, 1.82) is 0 Å². The molecule has 1 heterocycles. The van der Waals surface area contributed by atoms with Gasteiger partial charge in [-0.2, -0.15) is 0 Å². The van der Waals surface area contributed by atoms with Gasteiger partial charge in [0.25, 0.3) is 5.56 Å². The van der Waals surface area contributed by atoms with Gasteiger partial charge in [0.15, 0.2) is 0 Å². The first-order chi connectivity index (χ1) is 7.41. The highest BCUT2D eigenvalue weighted by atomic mass is 127. The van der Waals surface area contributed by atoms with Gasteiger partial charge in [-0.3, -0.25) is 14.2 Å². The monoisotopic (exact) mass is 335 g/mol. The zero-order valence-electron chi connectivity index (χ0n) is 9.45. The molecule has 1 amide bonds. The van der Waals surface area contributed by atoms with Crippen LogP contribution in [0.4, 0.5) is 0 Å². The maximum Gasteiger partial charge on any atom is 0.267 e. The van der Waals surface area contributed by atoms with Gasteiger partial charge >= 0.3 is 0 Å². The molecule has 0 atom stereocenters. The van der Waals surface area contributed by atoms with E-state index in [1.54, 1.807) is 6.92 Å². The maximum absolute atomic E-state index is 11.7. The van der Waals surface area contributed by atoms with Crippen LogP contribution in [0.3, 0.4) is 0 Å². The molecule has 1 rings (SSSR count). The first kappa shape index (κ1) is 13.1. The van der Waals surface area contributed by atoms with Gasteiger partial charge in [-0.05, 0) is 43.4 Å². The Balaban J connectivity index is 2.87. The molecule has 0 spiro atoms. The van der Waals surface area contributed by atoms with Crippen molar-refractivity contribution in [1.82, 2.24) is 14.9 Å². The lowest BCUT2D eigenvalue weighted by molar-refractivity contribution is -0.122. The Hall–Kier alpha value is -0.920. The summed E-state index contributed by atoms with van der Waals surface area (Å²) in [5.41, 5.74) is 0.512. The van der Waals surface area contributed by atoms with Crippen molar-refractivity contribution in [3.63, 3.8) is 0 Å². The molecule has 88 valence electrons. The third-order valence-electron chi connectivity index (χ3n) is 1.92. The van der Waals surface area contributed by atoms with E-state index in [0.717, 1.165) is 0 Å². The number of hydrogen-bond donors (Lipinski definition) is 1. The van der Waals surface area contributed by atoms with E-state index in [9.17, 15) is 9.59 Å². The molecule has 1 aromatic rings. The molecule has 0 aliphatic heterocycles. The number of aromatic nitrogens is 2. The van der Waals surface area contributed by atoms with Crippen LogP contribution < -0.4 is 10.9 Å². The quantitative estimate of drug-likeness (QED) is 0.827. The molecule has 0 aliphatic rings. The second kappa shape index (κ2) is 5.42. The van der Waals surface area contributed by atoms with Crippen molar-refractivity contribution in [3.8, 4) is 0 Å². The molecule has 16 heavy (non-hydrogen) atoms. The van der Waals surface area contributed by atoms with Crippen molar-refractivity contribution in [2.24, 2.45) is 0 Å². The maximum atomic E-state index is 11.7. The zero-order valence-corrected chi connectivity index (χ0v) is 11.6. The summed E-state index contributed by atoms with van der Waals surface area (Å²) in [6.07, 6.45) is 1.40. The van der Waals surface area contributed by atoms with Gasteiger partial charge in [0.1, 0.15) is 6.54 Å². The Morgan fingerprint density at radius 2 is 2.25 bits per heavy atom. The highest BCUT2D eigenvalue weighted by Gasteiger charge is 2.09. The van der Waals surface area contributed by atoms with Crippen molar-refractivity contribution < 1.29 is 4.79 Å². The number of carbonyl (C=O) groups is 1. The van der Waals surface area contributed by atoms with Crippen LogP contribution in [0, 0.1) is 10.5 Å². The topological polar surface area (TPSA) is 64.0 Å². The predicted octanol–water partition coefficient (Wildman–Crippen LogP) is 0.681. The van der Waals surface area contributed by atoms with Crippen molar-refractivity contribution >= 4 is 28.5 Å². The number of rotatable bonds is 3. The minimum absolute atomic E-state index is 0.0142. The molecule has 0 fully saturated rings. The third kappa shape index (κ3) is 3.29.